The number of thioether (sulfide) groups is 1. The van der Waals surface area contributed by atoms with Gasteiger partial charge in [0.05, 0.1) is 5.56 Å². The third kappa shape index (κ3) is 5.72. The molecule has 0 saturated heterocycles. The van der Waals surface area contributed by atoms with E-state index in [1.807, 2.05) is 6.26 Å². The highest BCUT2D eigenvalue weighted by atomic mass is 79.9. The van der Waals surface area contributed by atoms with Crippen LogP contribution in [-0.4, -0.2) is 33.5 Å². The highest BCUT2D eigenvalue weighted by Crippen LogP contribution is 2.21. The molecule has 2 rings (SSSR count). The van der Waals surface area contributed by atoms with E-state index in [1.54, 1.807) is 30.0 Å². The standard InChI is InChI=1S/C17H22BrClN4OS/c1-11(2)10-23-15(21-22-17(23)25-3)5-4-8-20-16(24)13-9-12(19)6-7-14(13)18/h6-7,9,11H,4-5,8,10H2,1-3H3,(H,20,24). The van der Waals surface area contributed by atoms with Crippen LogP contribution >= 0.6 is 39.3 Å². The predicted octanol–water partition coefficient (Wildman–Crippen LogP) is 4.43. The molecule has 1 heterocycles. The summed E-state index contributed by atoms with van der Waals surface area (Å²) in [6, 6.07) is 5.17. The Balaban J connectivity index is 1.90. The molecule has 0 aliphatic heterocycles. The van der Waals surface area contributed by atoms with Crippen LogP contribution in [0.1, 0.15) is 36.5 Å². The van der Waals surface area contributed by atoms with Crippen molar-refractivity contribution in [3.63, 3.8) is 0 Å². The van der Waals surface area contributed by atoms with E-state index in [0.717, 1.165) is 34.8 Å². The Morgan fingerprint density at radius 3 is 2.84 bits per heavy atom. The van der Waals surface area contributed by atoms with Gasteiger partial charge in [-0.1, -0.05) is 37.2 Å². The largest absolute Gasteiger partial charge is 0.352 e. The van der Waals surface area contributed by atoms with E-state index in [2.05, 4.69) is 49.9 Å². The van der Waals surface area contributed by atoms with Crippen molar-refractivity contribution in [1.29, 1.82) is 0 Å². The summed E-state index contributed by atoms with van der Waals surface area (Å²) < 4.78 is 2.90. The van der Waals surface area contributed by atoms with Crippen LogP contribution in [0, 0.1) is 5.92 Å². The second kappa shape index (κ2) is 9.59. The Bertz CT molecular complexity index is 735. The summed E-state index contributed by atoms with van der Waals surface area (Å²) >= 11 is 10.9. The van der Waals surface area contributed by atoms with Crippen LogP contribution in [0.4, 0.5) is 0 Å². The van der Waals surface area contributed by atoms with E-state index < -0.39 is 0 Å². The number of nitrogens with one attached hydrogen (secondary N) is 1. The maximum absolute atomic E-state index is 12.3. The lowest BCUT2D eigenvalue weighted by molar-refractivity contribution is 0.0952. The van der Waals surface area contributed by atoms with Gasteiger partial charge in [-0.25, -0.2) is 0 Å². The van der Waals surface area contributed by atoms with Crippen molar-refractivity contribution in [2.75, 3.05) is 12.8 Å². The summed E-state index contributed by atoms with van der Waals surface area (Å²) in [6.45, 7) is 5.83. The van der Waals surface area contributed by atoms with Crippen LogP contribution < -0.4 is 5.32 Å². The number of amides is 1. The van der Waals surface area contributed by atoms with Crippen molar-refractivity contribution >= 4 is 45.2 Å². The van der Waals surface area contributed by atoms with Crippen molar-refractivity contribution in [3.05, 3.63) is 39.1 Å². The molecule has 0 saturated carbocycles. The van der Waals surface area contributed by atoms with Crippen LogP contribution in [0.3, 0.4) is 0 Å². The molecule has 0 atom stereocenters. The molecule has 0 radical (unpaired) electrons. The maximum atomic E-state index is 12.3. The summed E-state index contributed by atoms with van der Waals surface area (Å²) in [5.74, 6) is 1.36. The Morgan fingerprint density at radius 1 is 1.40 bits per heavy atom. The zero-order chi connectivity index (χ0) is 18.4. The molecule has 25 heavy (non-hydrogen) atoms. The molecule has 0 aliphatic rings. The SMILES string of the molecule is CSc1nnc(CCCNC(=O)c2cc(Cl)ccc2Br)n1CC(C)C. The number of hydrogen-bond donors (Lipinski definition) is 1. The fraction of sp³-hybridized carbons (Fsp3) is 0.471. The molecule has 1 amide bonds. The first kappa shape index (κ1) is 20.3. The van der Waals surface area contributed by atoms with Crippen LogP contribution in [0.25, 0.3) is 0 Å². The van der Waals surface area contributed by atoms with E-state index in [1.165, 1.54) is 0 Å². The second-order valence-corrected chi connectivity index (χ2v) is 8.16. The molecular formula is C17H22BrClN4OS. The summed E-state index contributed by atoms with van der Waals surface area (Å²) in [6.07, 6.45) is 3.58. The third-order valence-electron chi connectivity index (χ3n) is 3.56. The zero-order valence-corrected chi connectivity index (χ0v) is 17.7. The third-order valence-corrected chi connectivity index (χ3v) is 5.15. The highest BCUT2D eigenvalue weighted by molar-refractivity contribution is 9.10. The van der Waals surface area contributed by atoms with Gasteiger partial charge in [-0.05, 0) is 52.7 Å². The van der Waals surface area contributed by atoms with Gasteiger partial charge < -0.3 is 9.88 Å². The minimum absolute atomic E-state index is 0.136. The van der Waals surface area contributed by atoms with Crippen molar-refractivity contribution < 1.29 is 4.79 Å². The smallest absolute Gasteiger partial charge is 0.252 e. The van der Waals surface area contributed by atoms with E-state index in [-0.39, 0.29) is 5.91 Å². The number of carbonyl (C=O) groups excluding carboxylic acids is 1. The van der Waals surface area contributed by atoms with E-state index >= 15 is 0 Å². The lowest BCUT2D eigenvalue weighted by atomic mass is 10.2. The molecule has 0 fully saturated rings. The molecular weight excluding hydrogens is 424 g/mol. The van der Waals surface area contributed by atoms with Gasteiger partial charge in [0.25, 0.3) is 5.91 Å². The maximum Gasteiger partial charge on any atom is 0.252 e. The number of benzene rings is 1. The quantitative estimate of drug-likeness (QED) is 0.482. The van der Waals surface area contributed by atoms with Gasteiger partial charge in [0.1, 0.15) is 5.82 Å². The van der Waals surface area contributed by atoms with Crippen molar-refractivity contribution in [3.8, 4) is 0 Å². The number of rotatable bonds is 8. The van der Waals surface area contributed by atoms with Gasteiger partial charge in [-0.15, -0.1) is 10.2 Å². The second-order valence-electron chi connectivity index (χ2n) is 6.09. The summed E-state index contributed by atoms with van der Waals surface area (Å²) in [5, 5.41) is 12.9. The average molecular weight is 446 g/mol. The Labute approximate surface area is 166 Å². The molecule has 0 unspecified atom stereocenters. The number of halogens is 2. The van der Waals surface area contributed by atoms with Crippen LogP contribution in [0.15, 0.2) is 27.8 Å². The summed E-state index contributed by atoms with van der Waals surface area (Å²) in [7, 11) is 0. The number of carbonyl (C=O) groups is 1. The number of nitrogens with zero attached hydrogens (tertiary/aromatic N) is 3. The van der Waals surface area contributed by atoms with Crippen molar-refractivity contribution in [1.82, 2.24) is 20.1 Å². The van der Waals surface area contributed by atoms with Gasteiger partial charge in [0.15, 0.2) is 5.16 Å². The van der Waals surface area contributed by atoms with Crippen molar-refractivity contribution in [2.45, 2.75) is 38.4 Å². The Morgan fingerprint density at radius 2 is 2.16 bits per heavy atom. The number of hydrogen-bond acceptors (Lipinski definition) is 4. The van der Waals surface area contributed by atoms with Crippen LogP contribution in [0.2, 0.25) is 5.02 Å². The number of aryl methyl sites for hydroxylation is 1. The first-order valence-electron chi connectivity index (χ1n) is 8.11. The molecule has 1 aromatic heterocycles. The zero-order valence-electron chi connectivity index (χ0n) is 14.6. The Kier molecular flexibility index (Phi) is 7.78. The highest BCUT2D eigenvalue weighted by Gasteiger charge is 2.13. The van der Waals surface area contributed by atoms with Crippen molar-refractivity contribution in [2.24, 2.45) is 5.92 Å². The molecule has 1 aromatic carbocycles. The molecule has 8 heteroatoms. The average Bonchev–Trinajstić information content (AvgIpc) is 2.94. The molecule has 0 bridgehead atoms. The lowest BCUT2D eigenvalue weighted by Crippen LogP contribution is -2.25. The molecule has 136 valence electrons. The molecule has 1 N–H and O–H groups in total. The van der Waals surface area contributed by atoms with Crippen LogP contribution in [0.5, 0.6) is 0 Å². The summed E-state index contributed by atoms with van der Waals surface area (Å²) in [5.41, 5.74) is 0.542. The topological polar surface area (TPSA) is 59.8 Å². The fourth-order valence-electron chi connectivity index (χ4n) is 2.42. The first-order valence-corrected chi connectivity index (χ1v) is 10.5. The minimum atomic E-state index is -0.136. The van der Waals surface area contributed by atoms with Gasteiger partial charge >= 0.3 is 0 Å². The van der Waals surface area contributed by atoms with E-state index in [0.29, 0.717) is 23.0 Å². The number of aromatic nitrogens is 3. The molecule has 0 spiro atoms. The van der Waals surface area contributed by atoms with Gasteiger partial charge in [0.2, 0.25) is 0 Å². The molecule has 0 aliphatic carbocycles. The molecule has 5 nitrogen and oxygen atoms in total. The lowest BCUT2D eigenvalue weighted by Gasteiger charge is -2.12. The van der Waals surface area contributed by atoms with Crippen LogP contribution in [-0.2, 0) is 13.0 Å². The van der Waals surface area contributed by atoms with Gasteiger partial charge in [-0.2, -0.15) is 0 Å². The first-order chi connectivity index (χ1) is 11.9. The monoisotopic (exact) mass is 444 g/mol. The van der Waals surface area contributed by atoms with E-state index in [9.17, 15) is 4.79 Å². The van der Waals surface area contributed by atoms with Gasteiger partial charge in [-0.3, -0.25) is 4.79 Å². The minimum Gasteiger partial charge on any atom is -0.352 e. The summed E-state index contributed by atoms with van der Waals surface area (Å²) in [4.78, 5) is 12.3. The Hall–Kier alpha value is -1.05. The van der Waals surface area contributed by atoms with Gasteiger partial charge in [0, 0.05) is 29.0 Å². The fourth-order valence-corrected chi connectivity index (χ4v) is 3.54. The normalized spacial score (nSPS) is 11.1. The molecule has 2 aromatic rings. The van der Waals surface area contributed by atoms with E-state index in [4.69, 9.17) is 11.6 Å². The predicted molar refractivity (Wildman–Crippen MR) is 106 cm³/mol.